The average Bonchev–Trinajstić information content (AvgIpc) is 3.46. The van der Waals surface area contributed by atoms with Crippen LogP contribution in [0.5, 0.6) is 0 Å². The van der Waals surface area contributed by atoms with Crippen molar-refractivity contribution in [3.63, 3.8) is 0 Å². The molecule has 1 aliphatic heterocycles. The zero-order valence-electron chi connectivity index (χ0n) is 26.7. The minimum atomic E-state index is -2.95. The van der Waals surface area contributed by atoms with E-state index >= 15 is 0 Å². The molecule has 1 amide bonds. The third-order valence-corrected chi connectivity index (χ3v) is 23.2. The molecule has 0 radical (unpaired) electrons. The van der Waals surface area contributed by atoms with E-state index in [4.69, 9.17) is 19.4 Å². The third-order valence-electron chi connectivity index (χ3n) is 8.20. The van der Waals surface area contributed by atoms with Gasteiger partial charge in [-0.1, -0.05) is 0 Å². The molecule has 0 bridgehead atoms. The van der Waals surface area contributed by atoms with Crippen molar-refractivity contribution in [1.82, 2.24) is 14.4 Å². The summed E-state index contributed by atoms with van der Waals surface area (Å²) in [5, 5.41) is 0. The molecule has 0 atom stereocenters. The van der Waals surface area contributed by atoms with Crippen LogP contribution >= 0.6 is 0 Å². The van der Waals surface area contributed by atoms with Crippen LogP contribution in [0.25, 0.3) is 5.65 Å². The van der Waals surface area contributed by atoms with E-state index in [2.05, 4.69) is 48.4 Å². The molecule has 230 valence electrons. The summed E-state index contributed by atoms with van der Waals surface area (Å²) < 4.78 is 18.8. The molecule has 0 spiro atoms. The predicted molar refractivity (Wildman–Crippen MR) is 175 cm³/mol. The molecule has 4 rings (SSSR count). The van der Waals surface area contributed by atoms with Gasteiger partial charge in [-0.2, -0.15) is 0 Å². The Morgan fingerprint density at radius 3 is 2.12 bits per heavy atom. The van der Waals surface area contributed by atoms with E-state index in [1.54, 1.807) is 11.1 Å². The van der Waals surface area contributed by atoms with Crippen LogP contribution in [0.2, 0.25) is 13.3 Å². The Bertz CT molecular complexity index is 1260. The molecule has 0 N–H and O–H groups in total. The second kappa shape index (κ2) is 14.9. The number of benzene rings is 1. The van der Waals surface area contributed by atoms with Crippen molar-refractivity contribution >= 4 is 51.0 Å². The second-order valence-electron chi connectivity index (χ2n) is 12.6. The van der Waals surface area contributed by atoms with Gasteiger partial charge in [0, 0.05) is 0 Å². The summed E-state index contributed by atoms with van der Waals surface area (Å²) in [6.07, 6.45) is 12.9. The van der Waals surface area contributed by atoms with Crippen molar-refractivity contribution in [2.75, 3.05) is 36.1 Å². The Kier molecular flexibility index (Phi) is 11.6. The number of rotatable bonds is 13. The Morgan fingerprint density at radius 1 is 0.976 bits per heavy atom. The van der Waals surface area contributed by atoms with E-state index in [1.165, 1.54) is 55.5 Å². The summed E-state index contributed by atoms with van der Waals surface area (Å²) in [7, 11) is 0. The monoisotopic (exact) mass is 685 g/mol. The first-order chi connectivity index (χ1) is 20.2. The van der Waals surface area contributed by atoms with Gasteiger partial charge in [-0.25, -0.2) is 0 Å². The maximum atomic E-state index is 14.0. The van der Waals surface area contributed by atoms with E-state index in [0.717, 1.165) is 37.7 Å². The van der Waals surface area contributed by atoms with E-state index < -0.39 is 30.1 Å². The fraction of sp³-hybridized carbons (Fsp3) is 0.606. The fourth-order valence-corrected chi connectivity index (χ4v) is 21.2. The summed E-state index contributed by atoms with van der Waals surface area (Å²) >= 11 is -2.95. The van der Waals surface area contributed by atoms with Gasteiger partial charge in [0.2, 0.25) is 0 Å². The topological polar surface area (TPSA) is 72.2 Å². The molecule has 1 aromatic carbocycles. The Labute approximate surface area is 256 Å². The van der Waals surface area contributed by atoms with E-state index in [1.807, 2.05) is 39.1 Å². The molecule has 9 heteroatoms. The molecule has 42 heavy (non-hydrogen) atoms. The van der Waals surface area contributed by atoms with Crippen LogP contribution in [0.4, 0.5) is 22.0 Å². The normalized spacial score (nSPS) is 14.4. The summed E-state index contributed by atoms with van der Waals surface area (Å²) in [4.78, 5) is 28.1. The molecular weight excluding hydrogens is 633 g/mol. The van der Waals surface area contributed by atoms with Crippen LogP contribution < -0.4 is 13.5 Å². The molecule has 3 heterocycles. The number of aromatic nitrogens is 3. The van der Waals surface area contributed by atoms with Crippen molar-refractivity contribution in [2.45, 2.75) is 99.0 Å². The molecular formula is C33H51N5O3Sn. The molecule has 1 aliphatic rings. The molecule has 0 saturated carbocycles. The standard InChI is InChI=1S/C21H24N5O3.3C4H9.Sn/c1-21(2,3)29-20(27)26(19-18-22-8-10-25(18)11-9-23-19)17-6-4-16(5-7-17)24-12-14-28-15-13-24;3*1-3-4-2;/h4-8,10-11H,12-15H2,1-3H3;3*1,3-4H2,2H3;. The first kappa shape index (κ1) is 32.6. The average molecular weight is 685 g/mol. The second-order valence-corrected chi connectivity index (χ2v) is 25.7. The van der Waals surface area contributed by atoms with Gasteiger partial charge < -0.3 is 0 Å². The van der Waals surface area contributed by atoms with E-state index in [9.17, 15) is 4.79 Å². The summed E-state index contributed by atoms with van der Waals surface area (Å²) in [5.41, 5.74) is 1.86. The summed E-state index contributed by atoms with van der Waals surface area (Å²) in [6, 6.07) is 8.17. The first-order valence-corrected chi connectivity index (χ1v) is 23.5. The number of carbonyl (C=O) groups is 1. The summed E-state index contributed by atoms with van der Waals surface area (Å²) in [5.74, 6) is 0.566. The molecule has 2 aromatic heterocycles. The number of unbranched alkanes of at least 4 members (excludes halogenated alkanes) is 3. The van der Waals surface area contributed by atoms with Gasteiger partial charge in [-0.15, -0.1) is 0 Å². The number of morpholine rings is 1. The van der Waals surface area contributed by atoms with Gasteiger partial charge in [-0.05, 0) is 0 Å². The van der Waals surface area contributed by atoms with Gasteiger partial charge in [0.25, 0.3) is 0 Å². The van der Waals surface area contributed by atoms with Crippen LogP contribution in [0.15, 0.2) is 42.9 Å². The number of fused-ring (bicyclic) bond motifs is 1. The van der Waals surface area contributed by atoms with Crippen molar-refractivity contribution in [1.29, 1.82) is 0 Å². The number of hydrogen-bond acceptors (Lipinski definition) is 6. The number of amides is 1. The molecule has 8 nitrogen and oxygen atoms in total. The molecule has 1 fully saturated rings. The quantitative estimate of drug-likeness (QED) is 0.172. The van der Waals surface area contributed by atoms with Crippen molar-refractivity contribution in [3.05, 3.63) is 42.9 Å². The van der Waals surface area contributed by atoms with Crippen LogP contribution in [0, 0.1) is 0 Å². The van der Waals surface area contributed by atoms with Gasteiger partial charge in [0.15, 0.2) is 0 Å². The van der Waals surface area contributed by atoms with Gasteiger partial charge in [-0.3, -0.25) is 0 Å². The van der Waals surface area contributed by atoms with Crippen molar-refractivity contribution < 1.29 is 14.3 Å². The number of ether oxygens (including phenoxy) is 2. The minimum absolute atomic E-state index is 0.437. The Morgan fingerprint density at radius 2 is 1.57 bits per heavy atom. The van der Waals surface area contributed by atoms with Gasteiger partial charge >= 0.3 is 258 Å². The van der Waals surface area contributed by atoms with Gasteiger partial charge in [0.1, 0.15) is 0 Å². The molecule has 1 saturated heterocycles. The van der Waals surface area contributed by atoms with Crippen LogP contribution in [-0.2, 0) is 9.47 Å². The number of hydrogen-bond donors (Lipinski definition) is 0. The number of nitrogens with zero attached hydrogens (tertiary/aromatic N) is 5. The predicted octanol–water partition coefficient (Wildman–Crippen LogP) is 7.70. The van der Waals surface area contributed by atoms with Crippen molar-refractivity contribution in [2.24, 2.45) is 0 Å². The third kappa shape index (κ3) is 7.98. The number of anilines is 3. The zero-order valence-corrected chi connectivity index (χ0v) is 29.5. The molecule has 0 aliphatic carbocycles. The zero-order chi connectivity index (χ0) is 30.2. The van der Waals surface area contributed by atoms with Gasteiger partial charge in [0.05, 0.1) is 0 Å². The fourth-order valence-electron chi connectivity index (χ4n) is 5.88. The molecule has 0 unspecified atom stereocenters. The van der Waals surface area contributed by atoms with Crippen molar-refractivity contribution in [3.8, 4) is 0 Å². The Balaban J connectivity index is 1.86. The van der Waals surface area contributed by atoms with E-state index in [-0.39, 0.29) is 0 Å². The van der Waals surface area contributed by atoms with E-state index in [0.29, 0.717) is 11.5 Å². The van der Waals surface area contributed by atoms with Crippen LogP contribution in [0.1, 0.15) is 80.1 Å². The maximum absolute atomic E-state index is 14.0. The van der Waals surface area contributed by atoms with Crippen LogP contribution in [0.3, 0.4) is 0 Å². The summed E-state index contributed by atoms with van der Waals surface area (Å²) in [6.45, 7) is 15.7. The SMILES string of the molecule is CCC[CH2][Sn]([CH2]CCC)([CH2]CCC)[c]1cn2ccnc2c(N(C(=O)OC(C)(C)C)c2ccc(N3CCOCC3)cc2)n1. The first-order valence-electron chi connectivity index (χ1n) is 16.0. The van der Waals surface area contributed by atoms with Crippen LogP contribution in [-0.4, -0.2) is 70.7 Å². The number of imidazole rings is 1. The number of carbonyl (C=O) groups excluding carboxylic acids is 1. The Hall–Kier alpha value is -2.33. The molecule has 3 aromatic rings.